The summed E-state index contributed by atoms with van der Waals surface area (Å²) in [6, 6.07) is 5.57. The predicted molar refractivity (Wildman–Crippen MR) is 115 cm³/mol. The van der Waals surface area contributed by atoms with E-state index in [1.807, 2.05) is 37.8 Å². The van der Waals surface area contributed by atoms with E-state index in [0.717, 1.165) is 24.0 Å². The van der Waals surface area contributed by atoms with Gasteiger partial charge >= 0.3 is 0 Å². The van der Waals surface area contributed by atoms with E-state index in [1.54, 1.807) is 15.3 Å². The molecule has 3 aliphatic rings. The second-order valence-electron chi connectivity index (χ2n) is 8.30. The maximum atomic E-state index is 13.1. The van der Waals surface area contributed by atoms with Gasteiger partial charge < -0.3 is 4.90 Å². The van der Waals surface area contributed by atoms with Crippen LogP contribution in [0.25, 0.3) is 0 Å². The van der Waals surface area contributed by atoms with E-state index in [-0.39, 0.29) is 18.0 Å². The Kier molecular flexibility index (Phi) is 5.43. The topological polar surface area (TPSA) is 64.2 Å². The van der Waals surface area contributed by atoms with Crippen molar-refractivity contribution in [3.63, 3.8) is 0 Å². The van der Waals surface area contributed by atoms with E-state index in [2.05, 4.69) is 4.90 Å². The van der Waals surface area contributed by atoms with Crippen molar-refractivity contribution in [1.29, 1.82) is 0 Å². The molecule has 0 aromatic heterocycles. The number of piperazine rings is 1. The van der Waals surface area contributed by atoms with Gasteiger partial charge in [0.1, 0.15) is 6.04 Å². The highest BCUT2D eigenvalue weighted by atomic mass is 32.2. The van der Waals surface area contributed by atoms with Crippen LogP contribution < -0.4 is 0 Å². The molecule has 0 unspecified atom stereocenters. The van der Waals surface area contributed by atoms with Gasteiger partial charge in [-0.2, -0.15) is 4.31 Å². The summed E-state index contributed by atoms with van der Waals surface area (Å²) >= 11 is 5.57. The van der Waals surface area contributed by atoms with E-state index in [0.29, 0.717) is 42.9 Å². The molecule has 29 heavy (non-hydrogen) atoms. The average Bonchev–Trinajstić information content (AvgIpc) is 3.49. The highest BCUT2D eigenvalue weighted by Gasteiger charge is 2.47. The Labute approximate surface area is 178 Å². The van der Waals surface area contributed by atoms with Crippen LogP contribution in [-0.2, 0) is 14.8 Å². The summed E-state index contributed by atoms with van der Waals surface area (Å²) < 4.78 is 27.8. The summed E-state index contributed by atoms with van der Waals surface area (Å²) in [5.74, 6) is 0.0913. The van der Waals surface area contributed by atoms with Gasteiger partial charge in [0.2, 0.25) is 10.0 Å². The van der Waals surface area contributed by atoms with Gasteiger partial charge in [0.15, 0.2) is 5.11 Å². The average molecular weight is 437 g/mol. The smallest absolute Gasteiger partial charge is 0.251 e. The van der Waals surface area contributed by atoms with Gasteiger partial charge in [-0.25, -0.2) is 8.42 Å². The highest BCUT2D eigenvalue weighted by molar-refractivity contribution is 7.89. The van der Waals surface area contributed by atoms with Crippen LogP contribution in [0, 0.1) is 13.8 Å². The first-order valence-electron chi connectivity index (χ1n) is 10.1. The molecule has 158 valence electrons. The summed E-state index contributed by atoms with van der Waals surface area (Å²) in [7, 11) is -3.50. The van der Waals surface area contributed by atoms with Gasteiger partial charge in [-0.3, -0.25) is 14.6 Å². The monoisotopic (exact) mass is 436 g/mol. The molecule has 3 fully saturated rings. The second-order valence-corrected chi connectivity index (χ2v) is 10.6. The zero-order chi connectivity index (χ0) is 20.9. The molecule has 0 radical (unpaired) electrons. The fourth-order valence-electron chi connectivity index (χ4n) is 4.04. The third-order valence-electron chi connectivity index (χ3n) is 6.07. The number of carbonyl (C=O) groups excluding carboxylic acids is 1. The molecular weight excluding hydrogens is 408 g/mol. The lowest BCUT2D eigenvalue weighted by Gasteiger charge is -2.37. The molecule has 1 atom stereocenters. The molecule has 0 bridgehead atoms. The Morgan fingerprint density at radius 3 is 2.38 bits per heavy atom. The molecule has 2 heterocycles. The molecular formula is C20H28N4O3S2. The van der Waals surface area contributed by atoms with Crippen LogP contribution in [0.4, 0.5) is 0 Å². The molecule has 4 rings (SSSR count). The van der Waals surface area contributed by atoms with Crippen LogP contribution in [0.5, 0.6) is 0 Å². The minimum atomic E-state index is -3.50. The van der Waals surface area contributed by atoms with Crippen LogP contribution in [0.2, 0.25) is 0 Å². The quantitative estimate of drug-likeness (QED) is 0.653. The zero-order valence-electron chi connectivity index (χ0n) is 17.2. The highest BCUT2D eigenvalue weighted by Crippen LogP contribution is 2.33. The number of thiocarbonyl (C=S) groups is 1. The van der Waals surface area contributed by atoms with Gasteiger partial charge in [0.25, 0.3) is 5.91 Å². The summed E-state index contributed by atoms with van der Waals surface area (Å²) in [5.41, 5.74) is 1.71. The molecule has 0 N–H and O–H groups in total. The lowest BCUT2D eigenvalue weighted by atomic mass is 10.2. The first-order chi connectivity index (χ1) is 13.7. The molecule has 9 heteroatoms. The number of amides is 1. The third-order valence-corrected chi connectivity index (χ3v) is 8.54. The summed E-state index contributed by atoms with van der Waals surface area (Å²) in [6.45, 7) is 8.31. The summed E-state index contributed by atoms with van der Waals surface area (Å²) in [5, 5.41) is 0.621. The molecule has 2 aliphatic heterocycles. The maximum Gasteiger partial charge on any atom is 0.251 e. The number of hydrogen-bond acceptors (Lipinski definition) is 5. The van der Waals surface area contributed by atoms with Crippen LogP contribution in [0.15, 0.2) is 23.1 Å². The van der Waals surface area contributed by atoms with Crippen molar-refractivity contribution in [2.24, 2.45) is 0 Å². The Morgan fingerprint density at radius 1 is 1.10 bits per heavy atom. The van der Waals surface area contributed by atoms with Gasteiger partial charge in [-0.1, -0.05) is 12.1 Å². The molecule has 7 nitrogen and oxygen atoms in total. The largest absolute Gasteiger partial charge is 0.324 e. The van der Waals surface area contributed by atoms with E-state index < -0.39 is 10.0 Å². The standard InChI is InChI=1S/C20H28N4O3S2/c1-14-4-5-15(2)18(12-14)29(26,27)22-10-8-21(9-11-22)13-23-16(3)19(25)24(20(23)28)17-6-7-17/h4-5,12,16-17H,6-11,13H2,1-3H3/t16-/m1/s1. The Bertz CT molecular complexity index is 937. The van der Waals surface area contributed by atoms with Gasteiger partial charge in [0, 0.05) is 32.2 Å². The maximum absolute atomic E-state index is 13.1. The Hall–Kier alpha value is -1.55. The number of carbonyl (C=O) groups is 1. The Balaban J connectivity index is 1.40. The lowest BCUT2D eigenvalue weighted by molar-refractivity contribution is -0.128. The molecule has 1 aromatic rings. The molecule has 0 spiro atoms. The van der Waals surface area contributed by atoms with E-state index in [1.165, 1.54) is 0 Å². The summed E-state index contributed by atoms with van der Waals surface area (Å²) in [6.07, 6.45) is 2.06. The van der Waals surface area contributed by atoms with Gasteiger partial charge in [-0.05, 0) is 63.0 Å². The number of benzene rings is 1. The summed E-state index contributed by atoms with van der Waals surface area (Å²) in [4.78, 5) is 18.9. The van der Waals surface area contributed by atoms with Gasteiger partial charge in [0.05, 0.1) is 11.6 Å². The van der Waals surface area contributed by atoms with Crippen molar-refractivity contribution in [3.8, 4) is 0 Å². The first kappa shape index (κ1) is 20.7. The van der Waals surface area contributed by atoms with Crippen LogP contribution in [0.3, 0.4) is 0 Å². The number of hydrogen-bond donors (Lipinski definition) is 0. The minimum absolute atomic E-state index is 0.0913. The van der Waals surface area contributed by atoms with E-state index in [9.17, 15) is 13.2 Å². The van der Waals surface area contributed by atoms with Gasteiger partial charge in [-0.15, -0.1) is 0 Å². The van der Waals surface area contributed by atoms with Crippen LogP contribution >= 0.6 is 12.2 Å². The fourth-order valence-corrected chi connectivity index (χ4v) is 6.22. The number of sulfonamides is 1. The van der Waals surface area contributed by atoms with E-state index in [4.69, 9.17) is 12.2 Å². The Morgan fingerprint density at radius 2 is 1.76 bits per heavy atom. The van der Waals surface area contributed by atoms with Crippen molar-refractivity contribution in [1.82, 2.24) is 19.0 Å². The van der Waals surface area contributed by atoms with E-state index >= 15 is 0 Å². The van der Waals surface area contributed by atoms with Crippen molar-refractivity contribution in [2.45, 2.75) is 50.6 Å². The third kappa shape index (κ3) is 3.81. The molecule has 1 amide bonds. The molecule has 1 aromatic carbocycles. The fraction of sp³-hybridized carbons (Fsp3) is 0.600. The first-order valence-corrected chi connectivity index (χ1v) is 12.0. The second kappa shape index (κ2) is 7.61. The molecule has 1 aliphatic carbocycles. The number of aryl methyl sites for hydroxylation is 2. The van der Waals surface area contributed by atoms with Crippen molar-refractivity contribution in [3.05, 3.63) is 29.3 Å². The predicted octanol–water partition coefficient (Wildman–Crippen LogP) is 1.55. The minimum Gasteiger partial charge on any atom is -0.324 e. The van der Waals surface area contributed by atoms with Crippen molar-refractivity contribution >= 4 is 33.3 Å². The van der Waals surface area contributed by atoms with Crippen LogP contribution in [-0.4, -0.2) is 83.4 Å². The zero-order valence-corrected chi connectivity index (χ0v) is 18.8. The lowest BCUT2D eigenvalue weighted by Crippen LogP contribution is -2.53. The number of nitrogens with zero attached hydrogens (tertiary/aromatic N) is 4. The SMILES string of the molecule is Cc1ccc(C)c(S(=O)(=O)N2CCN(CN3C(=S)N(C4CC4)C(=O)[C@H]3C)CC2)c1. The molecule has 1 saturated carbocycles. The number of rotatable bonds is 5. The van der Waals surface area contributed by atoms with Crippen molar-refractivity contribution < 1.29 is 13.2 Å². The molecule has 2 saturated heterocycles. The normalized spacial score (nSPS) is 24.6. The van der Waals surface area contributed by atoms with Crippen molar-refractivity contribution in [2.75, 3.05) is 32.8 Å². The van der Waals surface area contributed by atoms with Crippen LogP contribution in [0.1, 0.15) is 30.9 Å².